The summed E-state index contributed by atoms with van der Waals surface area (Å²) in [6, 6.07) is 0. The molecule has 3 atom stereocenters. The van der Waals surface area contributed by atoms with Gasteiger partial charge in [-0.05, 0) is 43.3 Å². The maximum Gasteiger partial charge on any atom is 0.158 e. The van der Waals surface area contributed by atoms with Crippen LogP contribution >= 0.6 is 0 Å². The Labute approximate surface area is 97.9 Å². The predicted molar refractivity (Wildman–Crippen MR) is 67.0 cm³/mol. The van der Waals surface area contributed by atoms with Crippen molar-refractivity contribution in [2.24, 2.45) is 17.8 Å². The van der Waals surface area contributed by atoms with E-state index in [1.54, 1.807) is 0 Å². The van der Waals surface area contributed by atoms with Gasteiger partial charge < -0.3 is 0 Å². The third-order valence-corrected chi connectivity index (χ3v) is 4.04. The monoisotopic (exact) mass is 216 g/mol. The van der Waals surface area contributed by atoms with Crippen LogP contribution in [0.1, 0.15) is 33.6 Å². The molecule has 0 bridgehead atoms. The average Bonchev–Trinajstić information content (AvgIpc) is 2.21. The molecule has 1 nitrogen and oxygen atoms in total. The molecule has 0 saturated carbocycles. The molecule has 0 aliphatic heterocycles. The number of carbonyl (C=O) groups is 1. The van der Waals surface area contributed by atoms with Crippen LogP contribution in [0, 0.1) is 17.8 Å². The number of hydrogen-bond acceptors (Lipinski definition) is 1. The fourth-order valence-electron chi connectivity index (χ4n) is 2.95. The van der Waals surface area contributed by atoms with Crippen LogP contribution in [-0.2, 0) is 4.79 Å². The molecule has 2 aliphatic rings. The van der Waals surface area contributed by atoms with Gasteiger partial charge in [-0.25, -0.2) is 0 Å². The molecule has 0 aromatic heterocycles. The highest BCUT2D eigenvalue weighted by atomic mass is 16.1. The zero-order chi connectivity index (χ0) is 11.9. The van der Waals surface area contributed by atoms with Crippen molar-refractivity contribution in [3.05, 3.63) is 35.5 Å². The van der Waals surface area contributed by atoms with Crippen molar-refractivity contribution in [1.82, 2.24) is 0 Å². The molecule has 0 saturated heterocycles. The molecule has 86 valence electrons. The molecule has 0 heterocycles. The van der Waals surface area contributed by atoms with Gasteiger partial charge in [-0.1, -0.05) is 31.2 Å². The van der Waals surface area contributed by atoms with Crippen molar-refractivity contribution >= 4 is 5.78 Å². The van der Waals surface area contributed by atoms with E-state index in [-0.39, 0.29) is 0 Å². The van der Waals surface area contributed by atoms with Gasteiger partial charge in [-0.2, -0.15) is 0 Å². The molecular formula is C15H20O. The molecule has 16 heavy (non-hydrogen) atoms. The first-order chi connectivity index (χ1) is 7.50. The third-order valence-electron chi connectivity index (χ3n) is 4.04. The van der Waals surface area contributed by atoms with Gasteiger partial charge in [0.25, 0.3) is 0 Å². The van der Waals surface area contributed by atoms with Crippen LogP contribution in [0.15, 0.2) is 35.5 Å². The number of rotatable bonds is 1. The normalized spacial score (nSPS) is 33.9. The zero-order valence-corrected chi connectivity index (χ0v) is 10.4. The lowest BCUT2D eigenvalue weighted by atomic mass is 9.66. The number of hydrogen-bond donors (Lipinski definition) is 0. The van der Waals surface area contributed by atoms with E-state index in [9.17, 15) is 4.79 Å². The fraction of sp³-hybridized carbons (Fsp3) is 0.533. The Kier molecular flexibility index (Phi) is 2.88. The minimum absolute atomic E-state index is 0.330. The van der Waals surface area contributed by atoms with E-state index >= 15 is 0 Å². The van der Waals surface area contributed by atoms with Crippen molar-refractivity contribution in [3.63, 3.8) is 0 Å². The Morgan fingerprint density at radius 3 is 2.81 bits per heavy atom. The van der Waals surface area contributed by atoms with Gasteiger partial charge in [-0.3, -0.25) is 4.79 Å². The SMILES string of the molecule is C=C(C)C1=CC[C@@H](C)[C@@H]2CC(=O)C(C)=C[C@H]12. The largest absolute Gasteiger partial charge is 0.295 e. The Balaban J connectivity index is 2.41. The highest BCUT2D eigenvalue weighted by Crippen LogP contribution is 2.43. The molecule has 0 unspecified atom stereocenters. The molecule has 0 spiro atoms. The Morgan fingerprint density at radius 1 is 1.50 bits per heavy atom. The van der Waals surface area contributed by atoms with Crippen LogP contribution in [0.2, 0.25) is 0 Å². The number of fused-ring (bicyclic) bond motifs is 1. The van der Waals surface area contributed by atoms with Crippen molar-refractivity contribution < 1.29 is 4.79 Å². The maximum atomic E-state index is 11.8. The molecule has 1 heteroatoms. The Morgan fingerprint density at radius 2 is 2.19 bits per heavy atom. The average molecular weight is 216 g/mol. The second kappa shape index (κ2) is 4.04. The molecule has 0 radical (unpaired) electrons. The Hall–Kier alpha value is -1.11. The summed E-state index contributed by atoms with van der Waals surface area (Å²) < 4.78 is 0. The predicted octanol–water partition coefficient (Wildman–Crippen LogP) is 3.68. The summed E-state index contributed by atoms with van der Waals surface area (Å²) in [6.07, 6.45) is 6.28. The lowest BCUT2D eigenvalue weighted by molar-refractivity contribution is -0.117. The van der Waals surface area contributed by atoms with Gasteiger partial charge in [0.1, 0.15) is 0 Å². The standard InChI is InChI=1S/C15H20O/c1-9(2)12-6-5-10(3)13-8-15(16)11(4)7-14(12)13/h6-7,10,13-14H,1,5,8H2,2-4H3/t10-,13+,14-/m1/s1. The van der Waals surface area contributed by atoms with Gasteiger partial charge in [-0.15, -0.1) is 0 Å². The summed E-state index contributed by atoms with van der Waals surface area (Å²) in [6.45, 7) is 10.3. The van der Waals surface area contributed by atoms with Crippen LogP contribution in [0.5, 0.6) is 0 Å². The van der Waals surface area contributed by atoms with E-state index in [0.717, 1.165) is 24.0 Å². The van der Waals surface area contributed by atoms with Crippen molar-refractivity contribution in [2.45, 2.75) is 33.6 Å². The van der Waals surface area contributed by atoms with Crippen molar-refractivity contribution in [2.75, 3.05) is 0 Å². The quantitative estimate of drug-likeness (QED) is 0.653. The van der Waals surface area contributed by atoms with Gasteiger partial charge in [0.15, 0.2) is 5.78 Å². The van der Waals surface area contributed by atoms with E-state index in [2.05, 4.69) is 32.6 Å². The minimum Gasteiger partial charge on any atom is -0.295 e. The molecule has 0 amide bonds. The van der Waals surface area contributed by atoms with Crippen LogP contribution in [-0.4, -0.2) is 5.78 Å². The maximum absolute atomic E-state index is 11.8. The highest BCUT2D eigenvalue weighted by Gasteiger charge is 2.36. The van der Waals surface area contributed by atoms with E-state index in [0.29, 0.717) is 23.5 Å². The summed E-state index contributed by atoms with van der Waals surface area (Å²) in [5, 5.41) is 0. The number of ketones is 1. The van der Waals surface area contributed by atoms with E-state index in [4.69, 9.17) is 0 Å². The first-order valence-electron chi connectivity index (χ1n) is 6.08. The summed E-state index contributed by atoms with van der Waals surface area (Å²) in [5.41, 5.74) is 3.44. The molecule has 2 rings (SSSR count). The molecule has 0 fully saturated rings. The van der Waals surface area contributed by atoms with Crippen molar-refractivity contribution in [3.8, 4) is 0 Å². The third kappa shape index (κ3) is 1.79. The van der Waals surface area contributed by atoms with E-state index in [1.807, 2.05) is 6.92 Å². The lowest BCUT2D eigenvalue weighted by Gasteiger charge is -2.38. The first-order valence-corrected chi connectivity index (χ1v) is 6.08. The summed E-state index contributed by atoms with van der Waals surface area (Å²) in [7, 11) is 0. The van der Waals surface area contributed by atoms with Gasteiger partial charge in [0, 0.05) is 12.3 Å². The smallest absolute Gasteiger partial charge is 0.158 e. The summed E-state index contributed by atoms with van der Waals surface area (Å²) in [4.78, 5) is 11.8. The topological polar surface area (TPSA) is 17.1 Å². The van der Waals surface area contributed by atoms with Crippen LogP contribution < -0.4 is 0 Å². The molecule has 0 N–H and O–H groups in total. The van der Waals surface area contributed by atoms with Crippen LogP contribution in [0.3, 0.4) is 0 Å². The lowest BCUT2D eigenvalue weighted by Crippen LogP contribution is -2.32. The van der Waals surface area contributed by atoms with Crippen molar-refractivity contribution in [1.29, 1.82) is 0 Å². The van der Waals surface area contributed by atoms with Crippen LogP contribution in [0.25, 0.3) is 0 Å². The fourth-order valence-corrected chi connectivity index (χ4v) is 2.95. The molecule has 0 aromatic rings. The number of carbonyl (C=O) groups excluding carboxylic acids is 1. The number of Topliss-reactive ketones (excluding diaryl/α,β-unsaturated/α-hetero) is 1. The summed E-state index contributed by atoms with van der Waals surface area (Å²) in [5.74, 6) is 1.87. The van der Waals surface area contributed by atoms with Gasteiger partial charge in [0.2, 0.25) is 0 Å². The number of allylic oxidation sites excluding steroid dienone is 5. The summed E-state index contributed by atoms with van der Waals surface area (Å²) >= 11 is 0. The molecule has 0 aromatic carbocycles. The second-order valence-electron chi connectivity index (χ2n) is 5.32. The van der Waals surface area contributed by atoms with Gasteiger partial charge >= 0.3 is 0 Å². The van der Waals surface area contributed by atoms with E-state index in [1.165, 1.54) is 5.57 Å². The van der Waals surface area contributed by atoms with Gasteiger partial charge in [0.05, 0.1) is 0 Å². The zero-order valence-electron chi connectivity index (χ0n) is 10.4. The second-order valence-corrected chi connectivity index (χ2v) is 5.32. The highest BCUT2D eigenvalue weighted by molar-refractivity contribution is 5.96. The van der Waals surface area contributed by atoms with E-state index < -0.39 is 0 Å². The molecule has 2 aliphatic carbocycles. The Bertz CT molecular complexity index is 398. The van der Waals surface area contributed by atoms with Crippen LogP contribution in [0.4, 0.5) is 0 Å². The first kappa shape index (κ1) is 11.4. The minimum atomic E-state index is 0.330. The molecular weight excluding hydrogens is 196 g/mol.